The van der Waals surface area contributed by atoms with E-state index in [2.05, 4.69) is 22.2 Å². The second-order valence-electron chi connectivity index (χ2n) is 8.02. The Balaban J connectivity index is 1.54. The van der Waals surface area contributed by atoms with Crippen LogP contribution in [0.4, 0.5) is 24.7 Å². The summed E-state index contributed by atoms with van der Waals surface area (Å²) in [7, 11) is 0. The molecule has 2 amide bonds. The monoisotopic (exact) mass is 607 g/mol. The highest BCUT2D eigenvalue weighted by molar-refractivity contribution is 6.53. The normalized spacial score (nSPS) is 17.7. The first-order chi connectivity index (χ1) is 17.3. The molecule has 5 nitrogen and oxygen atoms in total. The van der Waals surface area contributed by atoms with Crippen molar-refractivity contribution in [2.24, 2.45) is 5.92 Å². The smallest absolute Gasteiger partial charge is 0.258 e. The fourth-order valence-electron chi connectivity index (χ4n) is 3.80. The van der Waals surface area contributed by atoms with Crippen LogP contribution >= 0.6 is 58.0 Å². The Morgan fingerprint density at radius 3 is 2.27 bits per heavy atom. The molecule has 0 bridgehead atoms. The van der Waals surface area contributed by atoms with Crippen molar-refractivity contribution in [1.29, 1.82) is 0 Å². The maximum absolute atomic E-state index is 14.5. The molecule has 0 radical (unpaired) electrons. The minimum absolute atomic E-state index is 0.0601. The number of amides is 2. The lowest BCUT2D eigenvalue weighted by molar-refractivity contribution is -0.117. The minimum atomic E-state index is -1.46. The van der Waals surface area contributed by atoms with Gasteiger partial charge in [0, 0.05) is 21.7 Å². The summed E-state index contributed by atoms with van der Waals surface area (Å²) in [6.45, 7) is 2.86. The molecule has 3 aromatic rings. The van der Waals surface area contributed by atoms with Crippen molar-refractivity contribution in [1.82, 2.24) is 4.98 Å². The Bertz CT molecular complexity index is 1450. The van der Waals surface area contributed by atoms with Gasteiger partial charge in [-0.1, -0.05) is 41.4 Å². The number of nitrogens with one attached hydrogen (secondary N) is 2. The van der Waals surface area contributed by atoms with E-state index in [0.717, 1.165) is 0 Å². The summed E-state index contributed by atoms with van der Waals surface area (Å²) in [5, 5.41) is 5.33. The molecule has 4 rings (SSSR count). The van der Waals surface area contributed by atoms with Gasteiger partial charge in [0.2, 0.25) is 5.91 Å². The van der Waals surface area contributed by atoms with E-state index in [4.69, 9.17) is 58.0 Å². The van der Waals surface area contributed by atoms with Gasteiger partial charge in [-0.25, -0.2) is 18.2 Å². The third-order valence-electron chi connectivity index (χ3n) is 5.53. The molecular weight excluding hydrogens is 597 g/mol. The van der Waals surface area contributed by atoms with Crippen LogP contribution in [0.5, 0.6) is 0 Å². The lowest BCUT2D eigenvalue weighted by Crippen LogP contribution is -2.19. The van der Waals surface area contributed by atoms with Gasteiger partial charge in [0.05, 0.1) is 28.3 Å². The third-order valence-corrected chi connectivity index (χ3v) is 7.24. The molecule has 1 saturated carbocycles. The number of hydrogen-bond acceptors (Lipinski definition) is 3. The molecule has 2 N–H and O–H groups in total. The van der Waals surface area contributed by atoms with Crippen LogP contribution in [0.2, 0.25) is 15.1 Å². The molecule has 0 aliphatic heterocycles. The number of nitrogens with zero attached hydrogens (tertiary/aromatic N) is 1. The van der Waals surface area contributed by atoms with E-state index < -0.39 is 56.8 Å². The van der Waals surface area contributed by atoms with Crippen LogP contribution in [-0.4, -0.2) is 21.1 Å². The van der Waals surface area contributed by atoms with Crippen LogP contribution in [0, 0.1) is 17.6 Å². The number of pyridine rings is 1. The molecule has 37 heavy (non-hydrogen) atoms. The zero-order valence-electron chi connectivity index (χ0n) is 18.2. The largest absolute Gasteiger partial charge is 0.326 e. The summed E-state index contributed by atoms with van der Waals surface area (Å²) in [5.41, 5.74) is -0.544. The van der Waals surface area contributed by atoms with E-state index in [1.165, 1.54) is 24.3 Å². The standard InChI is InChI=1S/C24H13Cl5F3N3O2/c1-9(30)17-16(31)8-33-21(20(17)32)35-22(36)14-7-13(2-3-15(14)27)34-23(37)19-18(24(19,28)29)10-4-11(25)6-12(26)5-10/h2-8,18-19H,1H2,(H,34,37)(H,33,35,36)/t18-,19+/m0/s1. The van der Waals surface area contributed by atoms with E-state index in [0.29, 0.717) is 21.8 Å². The van der Waals surface area contributed by atoms with E-state index in [9.17, 15) is 22.8 Å². The molecule has 0 unspecified atom stereocenters. The van der Waals surface area contributed by atoms with Gasteiger partial charge in [-0.05, 0) is 42.0 Å². The molecule has 1 aliphatic carbocycles. The number of alkyl halides is 2. The second-order valence-corrected chi connectivity index (χ2v) is 10.7. The molecule has 2 atom stereocenters. The Morgan fingerprint density at radius 1 is 1.00 bits per heavy atom. The number of carbonyl (C=O) groups excluding carboxylic acids is 2. The highest BCUT2D eigenvalue weighted by atomic mass is 35.5. The summed E-state index contributed by atoms with van der Waals surface area (Å²) in [4.78, 5) is 29.1. The van der Waals surface area contributed by atoms with E-state index in [-0.39, 0.29) is 16.3 Å². The molecule has 1 aliphatic rings. The van der Waals surface area contributed by atoms with Crippen molar-refractivity contribution < 1.29 is 22.8 Å². The van der Waals surface area contributed by atoms with Gasteiger partial charge in [0.25, 0.3) is 5.91 Å². The molecule has 0 saturated heterocycles. The van der Waals surface area contributed by atoms with Crippen molar-refractivity contribution in [3.05, 3.63) is 92.6 Å². The lowest BCUT2D eigenvalue weighted by atomic mass is 10.1. The number of carbonyl (C=O) groups is 2. The van der Waals surface area contributed by atoms with Crippen LogP contribution in [-0.2, 0) is 4.79 Å². The third kappa shape index (κ3) is 5.54. The predicted octanol–water partition coefficient (Wildman–Crippen LogP) is 8.04. The van der Waals surface area contributed by atoms with Gasteiger partial charge in [-0.2, -0.15) is 0 Å². The van der Waals surface area contributed by atoms with Crippen molar-refractivity contribution >= 4 is 87.2 Å². The van der Waals surface area contributed by atoms with Crippen LogP contribution in [0.1, 0.15) is 27.4 Å². The first-order valence-electron chi connectivity index (χ1n) is 10.3. The summed E-state index contributed by atoms with van der Waals surface area (Å²) < 4.78 is 40.1. The number of aromatic nitrogens is 1. The topological polar surface area (TPSA) is 71.1 Å². The van der Waals surface area contributed by atoms with E-state index >= 15 is 0 Å². The second kappa shape index (κ2) is 10.3. The quantitative estimate of drug-likeness (QED) is 0.278. The first-order valence-corrected chi connectivity index (χ1v) is 12.1. The van der Waals surface area contributed by atoms with Gasteiger partial charge >= 0.3 is 0 Å². The average Bonchev–Trinajstić information content (AvgIpc) is 3.38. The first kappa shape index (κ1) is 27.5. The lowest BCUT2D eigenvalue weighted by Gasteiger charge is -2.11. The van der Waals surface area contributed by atoms with Crippen LogP contribution in [0.25, 0.3) is 5.83 Å². The van der Waals surface area contributed by atoms with Crippen LogP contribution < -0.4 is 10.6 Å². The molecular formula is C24H13Cl5F3N3O2. The van der Waals surface area contributed by atoms with E-state index in [1.807, 2.05) is 0 Å². The zero-order valence-corrected chi connectivity index (χ0v) is 22.0. The molecule has 192 valence electrons. The summed E-state index contributed by atoms with van der Waals surface area (Å²) in [6, 6.07) is 8.66. The fourth-order valence-corrected chi connectivity index (χ4v) is 5.37. The van der Waals surface area contributed by atoms with Gasteiger partial charge in [0.1, 0.15) is 10.2 Å². The zero-order chi connectivity index (χ0) is 27.2. The minimum Gasteiger partial charge on any atom is -0.326 e. The van der Waals surface area contributed by atoms with Crippen molar-refractivity contribution in [2.45, 2.75) is 10.3 Å². The van der Waals surface area contributed by atoms with Crippen molar-refractivity contribution in [3.63, 3.8) is 0 Å². The predicted molar refractivity (Wildman–Crippen MR) is 139 cm³/mol. The van der Waals surface area contributed by atoms with Crippen LogP contribution in [0.15, 0.2) is 49.2 Å². The Morgan fingerprint density at radius 2 is 1.65 bits per heavy atom. The summed E-state index contributed by atoms with van der Waals surface area (Å²) in [6.07, 6.45) is 0.529. The van der Waals surface area contributed by atoms with Gasteiger partial charge in [-0.15, -0.1) is 23.2 Å². The molecule has 1 heterocycles. The molecule has 2 aromatic carbocycles. The van der Waals surface area contributed by atoms with Gasteiger partial charge < -0.3 is 10.6 Å². The summed E-state index contributed by atoms with van der Waals surface area (Å²) in [5.74, 6) is -7.88. The maximum atomic E-state index is 14.5. The number of halogens is 8. The van der Waals surface area contributed by atoms with Gasteiger partial charge in [0.15, 0.2) is 17.5 Å². The highest BCUT2D eigenvalue weighted by Crippen LogP contribution is 2.65. The van der Waals surface area contributed by atoms with Crippen molar-refractivity contribution in [3.8, 4) is 0 Å². The van der Waals surface area contributed by atoms with Crippen molar-refractivity contribution in [2.75, 3.05) is 10.6 Å². The number of anilines is 2. The summed E-state index contributed by atoms with van der Waals surface area (Å²) >= 11 is 30.9. The highest BCUT2D eigenvalue weighted by Gasteiger charge is 2.67. The molecule has 0 spiro atoms. The van der Waals surface area contributed by atoms with Gasteiger partial charge in [-0.3, -0.25) is 9.59 Å². The maximum Gasteiger partial charge on any atom is 0.258 e. The van der Waals surface area contributed by atoms with Crippen LogP contribution in [0.3, 0.4) is 0 Å². The SMILES string of the molecule is C=C(F)c1c(F)cnc(NC(=O)c2cc(NC(=O)[C@H]3[C@H](c4cc(Cl)cc(Cl)c4)C3(Cl)Cl)ccc2Cl)c1F. The molecule has 13 heteroatoms. The number of hydrogen-bond donors (Lipinski definition) is 2. The number of rotatable bonds is 6. The number of benzene rings is 2. The Labute approximate surface area is 233 Å². The Hall–Kier alpha value is -2.49. The molecule has 1 fully saturated rings. The fraction of sp³-hybridized carbons (Fsp3) is 0.125. The Kier molecular flexibility index (Phi) is 7.70. The molecule has 1 aromatic heterocycles. The average molecular weight is 610 g/mol. The van der Waals surface area contributed by atoms with E-state index in [1.54, 1.807) is 12.1 Å².